The fraction of sp³-hybridized carbons (Fsp3) is 0.462. The second-order valence-electron chi connectivity index (χ2n) is 4.25. The van der Waals surface area contributed by atoms with E-state index in [0.29, 0.717) is 5.56 Å². The summed E-state index contributed by atoms with van der Waals surface area (Å²) in [6.45, 7) is -0.871. The third-order valence-corrected chi connectivity index (χ3v) is 2.58. The lowest BCUT2D eigenvalue weighted by molar-refractivity contribution is -0.122. The number of amides is 1. The first kappa shape index (κ1) is 16.5. The fourth-order valence-electron chi connectivity index (χ4n) is 1.63. The zero-order valence-corrected chi connectivity index (χ0v) is 10.9. The summed E-state index contributed by atoms with van der Waals surface area (Å²) < 4.78 is 37.2. The van der Waals surface area contributed by atoms with Crippen molar-refractivity contribution >= 4 is 5.91 Å². The Morgan fingerprint density at radius 2 is 1.95 bits per heavy atom. The number of benzene rings is 1. The number of carbonyl (C=O) groups excluding carboxylic acids is 1. The van der Waals surface area contributed by atoms with E-state index in [2.05, 4.69) is 5.32 Å². The molecule has 20 heavy (non-hydrogen) atoms. The van der Waals surface area contributed by atoms with E-state index in [-0.39, 0.29) is 32.1 Å². The number of nitrogens with one attached hydrogen (secondary N) is 1. The number of halogens is 3. The van der Waals surface area contributed by atoms with Gasteiger partial charge in [-0.1, -0.05) is 12.1 Å². The highest BCUT2D eigenvalue weighted by Crippen LogP contribution is 2.02. The molecule has 0 bridgehead atoms. The molecule has 1 rings (SSSR count). The van der Waals surface area contributed by atoms with E-state index in [4.69, 9.17) is 5.11 Å². The van der Waals surface area contributed by atoms with Gasteiger partial charge in [0, 0.05) is 13.1 Å². The number of aliphatic hydroxyl groups excluding tert-OH is 1. The van der Waals surface area contributed by atoms with Crippen molar-refractivity contribution in [3.05, 3.63) is 35.6 Å². The lowest BCUT2D eigenvalue weighted by atomic mass is 10.2. The van der Waals surface area contributed by atoms with Crippen molar-refractivity contribution in [2.24, 2.45) is 0 Å². The van der Waals surface area contributed by atoms with Gasteiger partial charge in [0.2, 0.25) is 5.91 Å². The molecule has 0 aliphatic carbocycles. The van der Waals surface area contributed by atoms with Crippen molar-refractivity contribution < 1.29 is 23.1 Å². The first-order chi connectivity index (χ1) is 9.51. The Labute approximate surface area is 115 Å². The Kier molecular flexibility index (Phi) is 7.03. The average molecular weight is 290 g/mol. The standard InChI is InChI=1S/C13H17F3N2O2/c14-11-3-1-10(2-4-11)7-17-13(20)9-18(5-6-19)8-12(15)16/h1-4,12,19H,5-9H2,(H,17,20). The van der Waals surface area contributed by atoms with Crippen molar-refractivity contribution in [3.8, 4) is 0 Å². The predicted molar refractivity (Wildman–Crippen MR) is 67.8 cm³/mol. The summed E-state index contributed by atoms with van der Waals surface area (Å²) in [4.78, 5) is 12.8. The van der Waals surface area contributed by atoms with E-state index in [0.717, 1.165) is 0 Å². The summed E-state index contributed by atoms with van der Waals surface area (Å²) in [5.41, 5.74) is 0.710. The SMILES string of the molecule is O=C(CN(CCO)CC(F)F)NCc1ccc(F)cc1. The Hall–Kier alpha value is -1.60. The summed E-state index contributed by atoms with van der Waals surface area (Å²) in [5.74, 6) is -0.797. The minimum absolute atomic E-state index is 0.00824. The topological polar surface area (TPSA) is 52.6 Å². The molecule has 7 heteroatoms. The molecule has 0 saturated carbocycles. The molecular weight excluding hydrogens is 273 g/mol. The molecule has 0 radical (unpaired) electrons. The summed E-state index contributed by atoms with van der Waals surface area (Å²) in [6, 6.07) is 5.60. The minimum atomic E-state index is -2.56. The minimum Gasteiger partial charge on any atom is -0.395 e. The molecular formula is C13H17F3N2O2. The summed E-state index contributed by atoms with van der Waals surface area (Å²) in [6.07, 6.45) is -2.56. The summed E-state index contributed by atoms with van der Waals surface area (Å²) in [7, 11) is 0. The molecule has 0 aliphatic heterocycles. The highest BCUT2D eigenvalue weighted by Gasteiger charge is 2.14. The molecule has 1 amide bonds. The van der Waals surface area contributed by atoms with Crippen LogP contribution in [0, 0.1) is 5.82 Å². The van der Waals surface area contributed by atoms with Crippen molar-refractivity contribution in [3.63, 3.8) is 0 Å². The fourth-order valence-corrected chi connectivity index (χ4v) is 1.63. The molecule has 1 aromatic rings. The highest BCUT2D eigenvalue weighted by atomic mass is 19.3. The van der Waals surface area contributed by atoms with Gasteiger partial charge < -0.3 is 10.4 Å². The third-order valence-electron chi connectivity index (χ3n) is 2.58. The van der Waals surface area contributed by atoms with Gasteiger partial charge in [-0.25, -0.2) is 13.2 Å². The highest BCUT2D eigenvalue weighted by molar-refractivity contribution is 5.78. The normalized spacial score (nSPS) is 11.1. The summed E-state index contributed by atoms with van der Waals surface area (Å²) >= 11 is 0. The number of aliphatic hydroxyl groups is 1. The van der Waals surface area contributed by atoms with E-state index in [1.54, 1.807) is 0 Å². The van der Waals surface area contributed by atoms with Crippen molar-refractivity contribution in [1.29, 1.82) is 0 Å². The third kappa shape index (κ3) is 6.53. The quantitative estimate of drug-likeness (QED) is 0.751. The smallest absolute Gasteiger partial charge is 0.251 e. The predicted octanol–water partition coefficient (Wildman–Crippen LogP) is 1.00. The van der Waals surface area contributed by atoms with Crippen LogP contribution in [-0.2, 0) is 11.3 Å². The summed E-state index contributed by atoms with van der Waals surface area (Å²) in [5, 5.41) is 11.3. The number of carbonyl (C=O) groups is 1. The maximum absolute atomic E-state index is 12.7. The number of hydrogen-bond donors (Lipinski definition) is 2. The molecule has 1 aromatic carbocycles. The molecule has 0 fully saturated rings. The largest absolute Gasteiger partial charge is 0.395 e. The van der Waals surface area contributed by atoms with Crippen LogP contribution in [0.1, 0.15) is 5.56 Å². The van der Waals surface area contributed by atoms with E-state index in [9.17, 15) is 18.0 Å². The van der Waals surface area contributed by atoms with Crippen molar-refractivity contribution in [2.45, 2.75) is 13.0 Å². The van der Waals surface area contributed by atoms with Gasteiger partial charge in [-0.15, -0.1) is 0 Å². The zero-order chi connectivity index (χ0) is 15.0. The van der Waals surface area contributed by atoms with Crippen LogP contribution in [-0.4, -0.2) is 48.6 Å². The maximum Gasteiger partial charge on any atom is 0.251 e. The molecule has 112 valence electrons. The molecule has 0 aliphatic rings. The molecule has 0 saturated heterocycles. The van der Waals surface area contributed by atoms with Crippen LogP contribution in [0.5, 0.6) is 0 Å². The molecule has 0 unspecified atom stereocenters. The van der Waals surface area contributed by atoms with E-state index in [1.165, 1.54) is 29.2 Å². The van der Waals surface area contributed by atoms with Crippen LogP contribution in [0.25, 0.3) is 0 Å². The van der Waals surface area contributed by atoms with E-state index >= 15 is 0 Å². The van der Waals surface area contributed by atoms with E-state index in [1.807, 2.05) is 0 Å². The zero-order valence-electron chi connectivity index (χ0n) is 10.9. The van der Waals surface area contributed by atoms with Gasteiger partial charge in [0.1, 0.15) is 5.82 Å². The molecule has 2 N–H and O–H groups in total. The van der Waals surface area contributed by atoms with Gasteiger partial charge >= 0.3 is 0 Å². The second-order valence-corrected chi connectivity index (χ2v) is 4.25. The molecule has 0 spiro atoms. The number of hydrogen-bond acceptors (Lipinski definition) is 3. The van der Waals surface area contributed by atoms with Crippen LogP contribution in [0.2, 0.25) is 0 Å². The Morgan fingerprint density at radius 3 is 2.50 bits per heavy atom. The molecule has 4 nitrogen and oxygen atoms in total. The van der Waals surface area contributed by atoms with Gasteiger partial charge in [-0.3, -0.25) is 9.69 Å². The lowest BCUT2D eigenvalue weighted by Crippen LogP contribution is -2.40. The maximum atomic E-state index is 12.7. The van der Waals surface area contributed by atoms with Gasteiger partial charge in [-0.2, -0.15) is 0 Å². The lowest BCUT2D eigenvalue weighted by Gasteiger charge is -2.20. The number of rotatable bonds is 8. The Morgan fingerprint density at radius 1 is 1.30 bits per heavy atom. The van der Waals surface area contributed by atoms with Crippen molar-refractivity contribution in [1.82, 2.24) is 10.2 Å². The Balaban J connectivity index is 2.39. The van der Waals surface area contributed by atoms with Crippen LogP contribution < -0.4 is 5.32 Å². The second kappa shape index (κ2) is 8.55. The van der Waals surface area contributed by atoms with Gasteiger partial charge in [0.05, 0.1) is 19.7 Å². The number of alkyl halides is 2. The monoisotopic (exact) mass is 290 g/mol. The average Bonchev–Trinajstić information content (AvgIpc) is 2.37. The van der Waals surface area contributed by atoms with Crippen LogP contribution in [0.15, 0.2) is 24.3 Å². The van der Waals surface area contributed by atoms with Crippen molar-refractivity contribution in [2.75, 3.05) is 26.2 Å². The van der Waals surface area contributed by atoms with E-state index < -0.39 is 18.9 Å². The van der Waals surface area contributed by atoms with Gasteiger partial charge in [0.25, 0.3) is 6.43 Å². The van der Waals surface area contributed by atoms with Gasteiger partial charge in [-0.05, 0) is 17.7 Å². The molecule has 0 atom stereocenters. The van der Waals surface area contributed by atoms with Gasteiger partial charge in [0.15, 0.2) is 0 Å². The van der Waals surface area contributed by atoms with Crippen LogP contribution >= 0.6 is 0 Å². The first-order valence-corrected chi connectivity index (χ1v) is 6.13. The first-order valence-electron chi connectivity index (χ1n) is 6.13. The Bertz CT molecular complexity index is 413. The van der Waals surface area contributed by atoms with Crippen LogP contribution in [0.3, 0.4) is 0 Å². The number of nitrogens with zero attached hydrogens (tertiary/aromatic N) is 1. The molecule has 0 aromatic heterocycles. The van der Waals surface area contributed by atoms with Crippen LogP contribution in [0.4, 0.5) is 13.2 Å². The molecule has 0 heterocycles.